The summed E-state index contributed by atoms with van der Waals surface area (Å²) in [4.78, 5) is 22.4. The van der Waals surface area contributed by atoms with E-state index in [1.807, 2.05) is 0 Å². The average molecular weight is 308 g/mol. The number of benzene rings is 1. The Balaban J connectivity index is 2.78. The van der Waals surface area contributed by atoms with Gasteiger partial charge in [0, 0.05) is 0 Å². The van der Waals surface area contributed by atoms with Crippen molar-refractivity contribution in [3.05, 3.63) is 38.3 Å². The molecule has 1 aromatic carbocycles. The third-order valence-corrected chi connectivity index (χ3v) is 2.96. The highest BCUT2D eigenvalue weighted by Crippen LogP contribution is 2.34. The summed E-state index contributed by atoms with van der Waals surface area (Å²) in [5.41, 5.74) is 1.03. The van der Waals surface area contributed by atoms with Gasteiger partial charge in [0.1, 0.15) is 0 Å². The molecule has 0 N–H and O–H groups in total. The molecule has 0 saturated heterocycles. The van der Waals surface area contributed by atoms with Gasteiger partial charge in [-0.05, 0) is 36.2 Å². The summed E-state index contributed by atoms with van der Waals surface area (Å²) in [6.45, 7) is 1.80. The van der Waals surface area contributed by atoms with Crippen LogP contribution < -0.4 is 5.76 Å². The third-order valence-electron chi connectivity index (χ3n) is 2.19. The van der Waals surface area contributed by atoms with Crippen molar-refractivity contribution in [1.29, 1.82) is 0 Å². The number of aryl methyl sites for hydroxylation is 1. The van der Waals surface area contributed by atoms with E-state index in [1.165, 1.54) is 0 Å². The maximum absolute atomic E-state index is 11.3. The van der Waals surface area contributed by atoms with Crippen LogP contribution in [0.3, 0.4) is 0 Å². The van der Waals surface area contributed by atoms with Gasteiger partial charge in [-0.1, -0.05) is 28.4 Å². The summed E-state index contributed by atoms with van der Waals surface area (Å²) in [5.74, 6) is -1.13. The fourth-order valence-corrected chi connectivity index (χ4v) is 2.39. The number of hydrogen-bond acceptors (Lipinski definition) is 4. The fourth-order valence-electron chi connectivity index (χ4n) is 1.48. The summed E-state index contributed by atoms with van der Waals surface area (Å²) in [6, 6.07) is 3.23. The van der Waals surface area contributed by atoms with Gasteiger partial charge in [0.05, 0.1) is 15.6 Å². The van der Waals surface area contributed by atoms with E-state index in [0.717, 1.165) is 5.56 Å². The van der Waals surface area contributed by atoms with Crippen molar-refractivity contribution < 1.29 is 9.32 Å². The van der Waals surface area contributed by atoms with Crippen LogP contribution in [0.2, 0.25) is 10.0 Å². The van der Waals surface area contributed by atoms with E-state index in [9.17, 15) is 9.59 Å². The third kappa shape index (κ3) is 2.16. The largest absolute Gasteiger partial charge is 0.449 e. The lowest BCUT2D eigenvalue weighted by Crippen LogP contribution is -2.18. The quantitative estimate of drug-likeness (QED) is 0.758. The van der Waals surface area contributed by atoms with Crippen LogP contribution >= 0.6 is 34.8 Å². The molecule has 8 heteroatoms. The van der Waals surface area contributed by atoms with Crippen LogP contribution in [0.4, 0.5) is 4.79 Å². The number of carbonyl (C=O) groups is 1. The maximum atomic E-state index is 11.3. The predicted molar refractivity (Wildman–Crippen MR) is 67.6 cm³/mol. The van der Waals surface area contributed by atoms with E-state index < -0.39 is 11.1 Å². The number of carbonyl (C=O) groups excluding carboxylic acids is 1. The topological polar surface area (TPSA) is 65.1 Å². The van der Waals surface area contributed by atoms with Crippen molar-refractivity contribution in [3.63, 3.8) is 0 Å². The van der Waals surface area contributed by atoms with Crippen LogP contribution in [0, 0.1) is 6.92 Å². The standard InChI is InChI=1S/C10H5Cl3N2O3/c1-4-2-5(11)7(6(12)3-4)8-14-18-10(17)15(8)9(13)16/h2-3H,1H3. The molecule has 0 amide bonds. The SMILES string of the molecule is Cc1cc(Cl)c(-c2noc(=O)n2C(=O)Cl)c(Cl)c1. The zero-order chi connectivity index (χ0) is 13.4. The van der Waals surface area contributed by atoms with Crippen LogP contribution in [0.25, 0.3) is 11.4 Å². The lowest BCUT2D eigenvalue weighted by molar-refractivity contribution is 0.259. The molecule has 0 bridgehead atoms. The average Bonchev–Trinajstić information content (AvgIpc) is 2.58. The van der Waals surface area contributed by atoms with Crippen molar-refractivity contribution in [1.82, 2.24) is 9.72 Å². The summed E-state index contributed by atoms with van der Waals surface area (Å²) in [6.07, 6.45) is 0. The molecule has 0 aliphatic carbocycles. The van der Waals surface area contributed by atoms with Gasteiger partial charge in [-0.2, -0.15) is 4.57 Å². The normalized spacial score (nSPS) is 10.7. The molecule has 0 unspecified atom stereocenters. The summed E-state index contributed by atoms with van der Waals surface area (Å²) >= 11 is 17.3. The first-order valence-electron chi connectivity index (χ1n) is 4.66. The van der Waals surface area contributed by atoms with Gasteiger partial charge >= 0.3 is 11.1 Å². The second-order valence-corrected chi connectivity index (χ2v) is 4.60. The molecule has 0 spiro atoms. The van der Waals surface area contributed by atoms with E-state index >= 15 is 0 Å². The molecule has 2 rings (SSSR count). The molecular weight excluding hydrogens is 302 g/mol. The minimum absolute atomic E-state index is 0.130. The molecule has 0 atom stereocenters. The Hall–Kier alpha value is -1.30. The van der Waals surface area contributed by atoms with Gasteiger partial charge in [0.25, 0.3) is 0 Å². The van der Waals surface area contributed by atoms with Crippen LogP contribution in [0.15, 0.2) is 21.5 Å². The number of rotatable bonds is 1. The molecule has 0 saturated carbocycles. The monoisotopic (exact) mass is 306 g/mol. The molecule has 1 aromatic heterocycles. The van der Waals surface area contributed by atoms with E-state index in [-0.39, 0.29) is 21.4 Å². The first-order valence-corrected chi connectivity index (χ1v) is 5.79. The molecule has 94 valence electrons. The molecule has 1 heterocycles. The summed E-state index contributed by atoms with van der Waals surface area (Å²) < 4.78 is 4.93. The lowest BCUT2D eigenvalue weighted by Gasteiger charge is -2.06. The highest BCUT2D eigenvalue weighted by molar-refractivity contribution is 6.63. The van der Waals surface area contributed by atoms with Crippen LogP contribution in [0.1, 0.15) is 5.56 Å². The van der Waals surface area contributed by atoms with Crippen LogP contribution in [-0.2, 0) is 0 Å². The van der Waals surface area contributed by atoms with Crippen LogP contribution in [0.5, 0.6) is 0 Å². The fraction of sp³-hybridized carbons (Fsp3) is 0.100. The zero-order valence-corrected chi connectivity index (χ0v) is 11.2. The Kier molecular flexibility index (Phi) is 3.47. The van der Waals surface area contributed by atoms with Gasteiger partial charge in [0.2, 0.25) is 0 Å². The number of nitrogens with zero attached hydrogens (tertiary/aromatic N) is 2. The number of aromatic nitrogens is 2. The van der Waals surface area contributed by atoms with Crippen molar-refractivity contribution in [2.24, 2.45) is 0 Å². The molecule has 0 aliphatic rings. The molecule has 2 aromatic rings. The minimum atomic E-state index is -1.05. The molecule has 0 aliphatic heterocycles. The van der Waals surface area contributed by atoms with E-state index in [1.54, 1.807) is 19.1 Å². The van der Waals surface area contributed by atoms with Crippen molar-refractivity contribution >= 4 is 40.2 Å². The molecule has 5 nitrogen and oxygen atoms in total. The predicted octanol–water partition coefficient (Wildman–Crippen LogP) is 3.33. The first-order chi connectivity index (χ1) is 8.41. The molecule has 0 radical (unpaired) electrons. The van der Waals surface area contributed by atoms with E-state index in [4.69, 9.17) is 34.8 Å². The Labute approximate surface area is 116 Å². The van der Waals surface area contributed by atoms with E-state index in [0.29, 0.717) is 4.57 Å². The lowest BCUT2D eigenvalue weighted by atomic mass is 10.1. The Bertz CT molecular complexity index is 667. The van der Waals surface area contributed by atoms with Crippen molar-refractivity contribution in [3.8, 4) is 11.4 Å². The molecule has 18 heavy (non-hydrogen) atoms. The zero-order valence-electron chi connectivity index (χ0n) is 8.91. The van der Waals surface area contributed by atoms with Crippen LogP contribution in [-0.4, -0.2) is 15.1 Å². The Morgan fingerprint density at radius 1 is 1.33 bits per heavy atom. The first kappa shape index (κ1) is 13.1. The van der Waals surface area contributed by atoms with Gasteiger partial charge < -0.3 is 0 Å². The minimum Gasteiger partial charge on any atom is -0.295 e. The van der Waals surface area contributed by atoms with Gasteiger partial charge in [-0.25, -0.2) is 4.79 Å². The smallest absolute Gasteiger partial charge is 0.295 e. The molecular formula is C10H5Cl3N2O3. The Morgan fingerprint density at radius 2 is 1.89 bits per heavy atom. The Morgan fingerprint density at radius 3 is 2.39 bits per heavy atom. The van der Waals surface area contributed by atoms with Gasteiger partial charge in [-0.15, -0.1) is 0 Å². The summed E-state index contributed by atoms with van der Waals surface area (Å²) in [7, 11) is 0. The second-order valence-electron chi connectivity index (χ2n) is 3.46. The molecule has 0 fully saturated rings. The van der Waals surface area contributed by atoms with Crippen molar-refractivity contribution in [2.45, 2.75) is 6.92 Å². The van der Waals surface area contributed by atoms with E-state index in [2.05, 4.69) is 9.68 Å². The summed E-state index contributed by atoms with van der Waals surface area (Å²) in [5, 5.41) is 2.88. The van der Waals surface area contributed by atoms with Gasteiger partial charge in [0.15, 0.2) is 5.82 Å². The second kappa shape index (κ2) is 4.76. The maximum Gasteiger partial charge on any atom is 0.449 e. The number of hydrogen-bond donors (Lipinski definition) is 0. The highest BCUT2D eigenvalue weighted by Gasteiger charge is 2.22. The highest BCUT2D eigenvalue weighted by atomic mass is 35.5. The number of halogens is 3. The van der Waals surface area contributed by atoms with Gasteiger partial charge in [-0.3, -0.25) is 9.32 Å². The van der Waals surface area contributed by atoms with Crippen molar-refractivity contribution in [2.75, 3.05) is 0 Å².